The van der Waals surface area contributed by atoms with Crippen molar-refractivity contribution in [2.24, 2.45) is 0 Å². The number of ether oxygens (including phenoxy) is 1. The van der Waals surface area contributed by atoms with Crippen molar-refractivity contribution in [3.05, 3.63) is 35.4 Å². The van der Waals surface area contributed by atoms with E-state index in [0.717, 1.165) is 12.8 Å². The summed E-state index contributed by atoms with van der Waals surface area (Å²) < 4.78 is 4.74. The fourth-order valence-electron chi connectivity index (χ4n) is 1.46. The van der Waals surface area contributed by atoms with E-state index >= 15 is 0 Å². The molecule has 0 aromatic heterocycles. The molecule has 0 atom stereocenters. The molecule has 0 aliphatic rings. The van der Waals surface area contributed by atoms with Crippen LogP contribution in [0.3, 0.4) is 0 Å². The number of carbonyl (C=O) groups excluding carboxylic acids is 1. The van der Waals surface area contributed by atoms with Gasteiger partial charge < -0.3 is 9.84 Å². The number of benzene rings is 1. The molecule has 0 bridgehead atoms. The molecule has 0 spiro atoms. The summed E-state index contributed by atoms with van der Waals surface area (Å²) in [5.41, 5.74) is 1.74. The minimum absolute atomic E-state index is 0.195. The van der Waals surface area contributed by atoms with Crippen LogP contribution in [0, 0.1) is 0 Å². The lowest BCUT2D eigenvalue weighted by atomic mass is 10.1. The number of Topliss-reactive ketones (excluding diaryl/α,β-unsaturated/α-hetero) is 1. The highest BCUT2D eigenvalue weighted by Gasteiger charge is 2.07. The Morgan fingerprint density at radius 3 is 2.35 bits per heavy atom. The molecular formula is C13H16O4. The van der Waals surface area contributed by atoms with Crippen LogP contribution in [0.25, 0.3) is 0 Å². The van der Waals surface area contributed by atoms with Gasteiger partial charge in [-0.1, -0.05) is 37.6 Å². The van der Waals surface area contributed by atoms with Crippen molar-refractivity contribution in [2.75, 3.05) is 13.2 Å². The van der Waals surface area contributed by atoms with Gasteiger partial charge in [-0.25, -0.2) is 4.79 Å². The summed E-state index contributed by atoms with van der Waals surface area (Å²) >= 11 is 0. The largest absolute Gasteiger partial charge is 0.480 e. The molecule has 0 unspecified atom stereocenters. The number of ketones is 1. The first-order chi connectivity index (χ1) is 8.13. The lowest BCUT2D eigenvalue weighted by Gasteiger charge is -2.03. The Morgan fingerprint density at radius 1 is 1.18 bits per heavy atom. The number of hydrogen-bond acceptors (Lipinski definition) is 3. The molecule has 1 aromatic rings. The molecular weight excluding hydrogens is 220 g/mol. The molecule has 1 rings (SSSR count). The standard InChI is InChI=1S/C13H16O4/c1-2-3-10-4-6-11(7-5-10)12(14)8-17-9-13(15)16/h4-7H,2-3,8-9H2,1H3,(H,15,16). The van der Waals surface area contributed by atoms with Gasteiger partial charge in [0, 0.05) is 5.56 Å². The number of hydrogen-bond donors (Lipinski definition) is 1. The molecule has 0 saturated carbocycles. The molecule has 4 nitrogen and oxygen atoms in total. The van der Waals surface area contributed by atoms with Gasteiger partial charge in [0.15, 0.2) is 5.78 Å². The van der Waals surface area contributed by atoms with Crippen LogP contribution in [0.15, 0.2) is 24.3 Å². The lowest BCUT2D eigenvalue weighted by molar-refractivity contribution is -0.141. The summed E-state index contributed by atoms with van der Waals surface area (Å²) in [4.78, 5) is 21.8. The van der Waals surface area contributed by atoms with Gasteiger partial charge in [-0.05, 0) is 12.0 Å². The van der Waals surface area contributed by atoms with Crippen LogP contribution in [-0.4, -0.2) is 30.1 Å². The highest BCUT2D eigenvalue weighted by atomic mass is 16.5. The van der Waals surface area contributed by atoms with Crippen molar-refractivity contribution < 1.29 is 19.4 Å². The maximum atomic E-state index is 11.6. The molecule has 1 N–H and O–H groups in total. The number of aliphatic carboxylic acids is 1. The van der Waals surface area contributed by atoms with Crippen LogP contribution in [0.4, 0.5) is 0 Å². The van der Waals surface area contributed by atoms with Gasteiger partial charge in [0.05, 0.1) is 0 Å². The molecule has 0 fully saturated rings. The zero-order valence-electron chi connectivity index (χ0n) is 9.81. The average Bonchev–Trinajstić information content (AvgIpc) is 2.30. The highest BCUT2D eigenvalue weighted by molar-refractivity contribution is 5.97. The Hall–Kier alpha value is -1.68. The fraction of sp³-hybridized carbons (Fsp3) is 0.385. The second-order valence-electron chi connectivity index (χ2n) is 3.76. The summed E-state index contributed by atoms with van der Waals surface area (Å²) in [5, 5.41) is 8.36. The number of carboxylic acid groups (broad SMARTS) is 1. The molecule has 17 heavy (non-hydrogen) atoms. The Morgan fingerprint density at radius 2 is 1.82 bits per heavy atom. The van der Waals surface area contributed by atoms with Crippen molar-refractivity contribution in [2.45, 2.75) is 19.8 Å². The molecule has 0 aliphatic carbocycles. The minimum atomic E-state index is -1.07. The molecule has 0 radical (unpaired) electrons. The van der Waals surface area contributed by atoms with E-state index < -0.39 is 12.6 Å². The van der Waals surface area contributed by atoms with E-state index in [1.807, 2.05) is 12.1 Å². The Balaban J connectivity index is 2.48. The quantitative estimate of drug-likeness (QED) is 0.735. The summed E-state index contributed by atoms with van der Waals surface area (Å²) in [5.74, 6) is -1.27. The van der Waals surface area contributed by atoms with Gasteiger partial charge in [-0.3, -0.25) is 4.79 Å². The van der Waals surface area contributed by atoms with Crippen LogP contribution >= 0.6 is 0 Å². The summed E-state index contributed by atoms with van der Waals surface area (Å²) in [6.07, 6.45) is 2.05. The van der Waals surface area contributed by atoms with Crippen LogP contribution < -0.4 is 0 Å². The number of carbonyl (C=O) groups is 2. The first-order valence-corrected chi connectivity index (χ1v) is 5.55. The zero-order chi connectivity index (χ0) is 12.7. The maximum Gasteiger partial charge on any atom is 0.329 e. The van der Waals surface area contributed by atoms with Gasteiger partial charge in [0.25, 0.3) is 0 Å². The SMILES string of the molecule is CCCc1ccc(C(=O)COCC(=O)O)cc1. The van der Waals surface area contributed by atoms with E-state index in [1.165, 1.54) is 5.56 Å². The predicted octanol–water partition coefficient (Wildman–Crippen LogP) is 1.92. The fourth-order valence-corrected chi connectivity index (χ4v) is 1.46. The second-order valence-corrected chi connectivity index (χ2v) is 3.76. The summed E-state index contributed by atoms with van der Waals surface area (Å²) in [6.45, 7) is 1.46. The van der Waals surface area contributed by atoms with E-state index in [1.54, 1.807) is 12.1 Å². The number of rotatable bonds is 7. The third kappa shape index (κ3) is 4.78. The van der Waals surface area contributed by atoms with E-state index in [-0.39, 0.29) is 12.4 Å². The Bertz CT molecular complexity index is 381. The molecule has 0 heterocycles. The number of carboxylic acids is 1. The van der Waals surface area contributed by atoms with Crippen LogP contribution in [-0.2, 0) is 16.0 Å². The van der Waals surface area contributed by atoms with Crippen molar-refractivity contribution in [1.29, 1.82) is 0 Å². The third-order valence-electron chi connectivity index (χ3n) is 2.27. The number of aryl methyl sites for hydroxylation is 1. The molecule has 1 aromatic carbocycles. The molecule has 0 saturated heterocycles. The first-order valence-electron chi connectivity index (χ1n) is 5.55. The minimum Gasteiger partial charge on any atom is -0.480 e. The van der Waals surface area contributed by atoms with Crippen molar-refractivity contribution in [3.8, 4) is 0 Å². The summed E-state index contributed by atoms with van der Waals surface area (Å²) in [6, 6.07) is 7.32. The van der Waals surface area contributed by atoms with Crippen molar-refractivity contribution in [1.82, 2.24) is 0 Å². The first kappa shape index (κ1) is 13.4. The monoisotopic (exact) mass is 236 g/mol. The molecule has 0 amide bonds. The Labute approximate surface area is 100 Å². The van der Waals surface area contributed by atoms with E-state index in [0.29, 0.717) is 5.56 Å². The average molecular weight is 236 g/mol. The zero-order valence-corrected chi connectivity index (χ0v) is 9.81. The maximum absolute atomic E-state index is 11.6. The van der Waals surface area contributed by atoms with Crippen LogP contribution in [0.5, 0.6) is 0 Å². The predicted molar refractivity (Wildman–Crippen MR) is 63.2 cm³/mol. The van der Waals surface area contributed by atoms with Gasteiger partial charge in [0.1, 0.15) is 13.2 Å². The highest BCUT2D eigenvalue weighted by Crippen LogP contribution is 2.07. The van der Waals surface area contributed by atoms with Gasteiger partial charge >= 0.3 is 5.97 Å². The van der Waals surface area contributed by atoms with Gasteiger partial charge in [0.2, 0.25) is 0 Å². The van der Waals surface area contributed by atoms with E-state index in [4.69, 9.17) is 9.84 Å². The molecule has 92 valence electrons. The van der Waals surface area contributed by atoms with Crippen molar-refractivity contribution >= 4 is 11.8 Å². The second kappa shape index (κ2) is 6.81. The Kier molecular flexibility index (Phi) is 5.36. The molecule has 4 heteroatoms. The molecule has 0 aliphatic heterocycles. The van der Waals surface area contributed by atoms with Crippen LogP contribution in [0.1, 0.15) is 29.3 Å². The summed E-state index contributed by atoms with van der Waals surface area (Å²) in [7, 11) is 0. The third-order valence-corrected chi connectivity index (χ3v) is 2.27. The van der Waals surface area contributed by atoms with Gasteiger partial charge in [-0.15, -0.1) is 0 Å². The normalized spacial score (nSPS) is 10.2. The van der Waals surface area contributed by atoms with Crippen LogP contribution in [0.2, 0.25) is 0 Å². The van der Waals surface area contributed by atoms with E-state index in [2.05, 4.69) is 6.92 Å². The van der Waals surface area contributed by atoms with E-state index in [9.17, 15) is 9.59 Å². The van der Waals surface area contributed by atoms with Crippen molar-refractivity contribution in [3.63, 3.8) is 0 Å². The van der Waals surface area contributed by atoms with Gasteiger partial charge in [-0.2, -0.15) is 0 Å². The topological polar surface area (TPSA) is 63.6 Å². The smallest absolute Gasteiger partial charge is 0.329 e. The lowest BCUT2D eigenvalue weighted by Crippen LogP contribution is -2.14.